The average Bonchev–Trinajstić information content (AvgIpc) is 2.11. The summed E-state index contributed by atoms with van der Waals surface area (Å²) in [5.41, 5.74) is 0. The Kier molecular flexibility index (Phi) is 5.88. The Morgan fingerprint density at radius 3 is 2.23 bits per heavy atom. The Hall–Kier alpha value is -0.330. The van der Waals surface area contributed by atoms with E-state index < -0.39 is 6.17 Å². The highest BCUT2D eigenvalue weighted by Gasteiger charge is 2.01. The fourth-order valence-corrected chi connectivity index (χ4v) is 1.83. The van der Waals surface area contributed by atoms with Gasteiger partial charge in [0.1, 0.15) is 6.17 Å². The van der Waals surface area contributed by atoms with Crippen molar-refractivity contribution in [1.82, 2.24) is 0 Å². The van der Waals surface area contributed by atoms with Crippen LogP contribution in [0.4, 0.5) is 4.39 Å². The fraction of sp³-hybridized carbons (Fsp3) is 0.833. The monoisotopic (exact) mass is 184 g/mol. The molecule has 0 aromatic rings. The zero-order valence-electron chi connectivity index (χ0n) is 8.47. The number of allylic oxidation sites excluding steroid dienone is 2. The lowest BCUT2D eigenvalue weighted by Crippen LogP contribution is -1.95. The molecular formula is C12H21F. The van der Waals surface area contributed by atoms with Crippen molar-refractivity contribution in [2.24, 2.45) is 0 Å². The summed E-state index contributed by atoms with van der Waals surface area (Å²) in [4.78, 5) is 0. The predicted molar refractivity (Wildman–Crippen MR) is 55.6 cm³/mol. The van der Waals surface area contributed by atoms with Crippen LogP contribution >= 0.6 is 0 Å². The molecule has 0 saturated carbocycles. The van der Waals surface area contributed by atoms with Gasteiger partial charge in [-0.25, -0.2) is 4.39 Å². The van der Waals surface area contributed by atoms with Crippen molar-refractivity contribution in [3.05, 3.63) is 12.2 Å². The minimum atomic E-state index is -0.681. The minimum Gasteiger partial charge on any atom is -0.243 e. The summed E-state index contributed by atoms with van der Waals surface area (Å²) in [6, 6.07) is 0. The Morgan fingerprint density at radius 1 is 0.846 bits per heavy atom. The van der Waals surface area contributed by atoms with Crippen LogP contribution in [0.2, 0.25) is 0 Å². The maximum absolute atomic E-state index is 13.1. The molecule has 0 saturated heterocycles. The van der Waals surface area contributed by atoms with Crippen LogP contribution in [0.5, 0.6) is 0 Å². The van der Waals surface area contributed by atoms with Crippen LogP contribution in [0.1, 0.15) is 57.8 Å². The molecule has 1 aliphatic rings. The third-order valence-corrected chi connectivity index (χ3v) is 2.70. The molecule has 0 amide bonds. The Balaban J connectivity index is 2.22. The van der Waals surface area contributed by atoms with E-state index in [9.17, 15) is 4.39 Å². The number of halogens is 1. The highest BCUT2D eigenvalue weighted by molar-refractivity contribution is 4.88. The zero-order chi connectivity index (χ0) is 9.36. The summed E-state index contributed by atoms with van der Waals surface area (Å²) in [7, 11) is 0. The van der Waals surface area contributed by atoms with E-state index in [4.69, 9.17) is 0 Å². The molecule has 13 heavy (non-hydrogen) atoms. The van der Waals surface area contributed by atoms with Gasteiger partial charge in [-0.3, -0.25) is 0 Å². The Bertz CT molecular complexity index is 140. The second-order valence-electron chi connectivity index (χ2n) is 4.00. The second-order valence-corrected chi connectivity index (χ2v) is 4.00. The molecule has 0 N–H and O–H groups in total. The van der Waals surface area contributed by atoms with Gasteiger partial charge in [0, 0.05) is 0 Å². The molecular weight excluding hydrogens is 163 g/mol. The maximum Gasteiger partial charge on any atom is 0.118 e. The van der Waals surface area contributed by atoms with Gasteiger partial charge >= 0.3 is 0 Å². The smallest absolute Gasteiger partial charge is 0.118 e. The van der Waals surface area contributed by atoms with Crippen LogP contribution in [0.25, 0.3) is 0 Å². The van der Waals surface area contributed by atoms with Crippen molar-refractivity contribution in [1.29, 1.82) is 0 Å². The van der Waals surface area contributed by atoms with Crippen molar-refractivity contribution in [2.75, 3.05) is 0 Å². The first kappa shape index (κ1) is 10.7. The highest BCUT2D eigenvalue weighted by Crippen LogP contribution is 2.14. The second kappa shape index (κ2) is 7.11. The van der Waals surface area contributed by atoms with Crippen LogP contribution in [-0.4, -0.2) is 6.17 Å². The van der Waals surface area contributed by atoms with E-state index in [1.165, 1.54) is 38.5 Å². The molecule has 1 rings (SSSR count). The zero-order valence-corrected chi connectivity index (χ0v) is 8.47. The Morgan fingerprint density at radius 2 is 1.46 bits per heavy atom. The van der Waals surface area contributed by atoms with Crippen molar-refractivity contribution < 1.29 is 4.39 Å². The first-order valence-corrected chi connectivity index (χ1v) is 5.70. The summed E-state index contributed by atoms with van der Waals surface area (Å²) in [5, 5.41) is 0. The van der Waals surface area contributed by atoms with Gasteiger partial charge < -0.3 is 0 Å². The molecule has 1 unspecified atom stereocenters. The van der Waals surface area contributed by atoms with Crippen molar-refractivity contribution in [3.8, 4) is 0 Å². The number of alkyl halides is 1. The quantitative estimate of drug-likeness (QED) is 0.489. The van der Waals surface area contributed by atoms with Crippen molar-refractivity contribution >= 4 is 0 Å². The molecule has 0 aromatic heterocycles. The maximum atomic E-state index is 13.1. The van der Waals surface area contributed by atoms with Gasteiger partial charge in [-0.2, -0.15) is 0 Å². The van der Waals surface area contributed by atoms with Crippen LogP contribution in [0.3, 0.4) is 0 Å². The molecule has 0 nitrogen and oxygen atoms in total. The number of rotatable bonds is 0. The summed E-state index contributed by atoms with van der Waals surface area (Å²) in [6.45, 7) is 0. The van der Waals surface area contributed by atoms with Gasteiger partial charge in [-0.05, 0) is 19.3 Å². The summed E-state index contributed by atoms with van der Waals surface area (Å²) in [6.07, 6.45) is 13.7. The lowest BCUT2D eigenvalue weighted by atomic mass is 10.0. The normalized spacial score (nSPS) is 30.1. The molecule has 0 aromatic carbocycles. The highest BCUT2D eigenvalue weighted by atomic mass is 19.1. The molecule has 0 aliphatic heterocycles. The average molecular weight is 184 g/mol. The van der Waals surface area contributed by atoms with E-state index in [0.29, 0.717) is 0 Å². The molecule has 0 bridgehead atoms. The largest absolute Gasteiger partial charge is 0.243 e. The molecule has 1 atom stereocenters. The van der Waals surface area contributed by atoms with E-state index in [1.54, 1.807) is 6.08 Å². The standard InChI is InChI=1S/C12H21F/c13-12-10-8-6-4-2-1-3-5-7-9-11-12/h8,10,12H,1-7,9,11H2/b10-8+. The van der Waals surface area contributed by atoms with Gasteiger partial charge in [0.2, 0.25) is 0 Å². The molecule has 1 aliphatic carbocycles. The lowest BCUT2D eigenvalue weighted by Gasteiger charge is -2.05. The summed E-state index contributed by atoms with van der Waals surface area (Å²) < 4.78 is 13.1. The van der Waals surface area contributed by atoms with E-state index in [-0.39, 0.29) is 0 Å². The topological polar surface area (TPSA) is 0 Å². The van der Waals surface area contributed by atoms with Crippen LogP contribution < -0.4 is 0 Å². The molecule has 1 heteroatoms. The summed E-state index contributed by atoms with van der Waals surface area (Å²) >= 11 is 0. The van der Waals surface area contributed by atoms with Crippen molar-refractivity contribution in [3.63, 3.8) is 0 Å². The molecule has 76 valence electrons. The van der Waals surface area contributed by atoms with Gasteiger partial charge in [0.05, 0.1) is 0 Å². The van der Waals surface area contributed by atoms with Crippen LogP contribution in [0, 0.1) is 0 Å². The molecule has 0 heterocycles. The molecule has 0 spiro atoms. The third kappa shape index (κ3) is 5.84. The SMILES string of the molecule is FC1/C=C/CCCCCCCCC1. The van der Waals surface area contributed by atoms with Crippen molar-refractivity contribution in [2.45, 2.75) is 64.0 Å². The Labute approximate surface area is 81.2 Å². The van der Waals surface area contributed by atoms with Gasteiger partial charge in [0.25, 0.3) is 0 Å². The first-order chi connectivity index (χ1) is 6.39. The molecule has 0 radical (unpaired) electrons. The van der Waals surface area contributed by atoms with E-state index in [2.05, 4.69) is 0 Å². The molecule has 0 fully saturated rings. The lowest BCUT2D eigenvalue weighted by molar-refractivity contribution is 0.362. The third-order valence-electron chi connectivity index (χ3n) is 2.70. The number of hydrogen-bond acceptors (Lipinski definition) is 0. The van der Waals surface area contributed by atoms with Crippen LogP contribution in [0.15, 0.2) is 12.2 Å². The fourth-order valence-electron chi connectivity index (χ4n) is 1.83. The summed E-state index contributed by atoms with van der Waals surface area (Å²) in [5.74, 6) is 0. The minimum absolute atomic E-state index is 0.681. The first-order valence-electron chi connectivity index (χ1n) is 5.70. The van der Waals surface area contributed by atoms with Gasteiger partial charge in [-0.15, -0.1) is 0 Å². The number of hydrogen-bond donors (Lipinski definition) is 0. The predicted octanol–water partition coefficient (Wildman–Crippen LogP) is 4.41. The van der Waals surface area contributed by atoms with E-state index >= 15 is 0 Å². The van der Waals surface area contributed by atoms with Gasteiger partial charge in [0.15, 0.2) is 0 Å². The van der Waals surface area contributed by atoms with Crippen LogP contribution in [-0.2, 0) is 0 Å². The van der Waals surface area contributed by atoms with E-state index in [0.717, 1.165) is 19.3 Å². The van der Waals surface area contributed by atoms with E-state index in [1.807, 2.05) is 6.08 Å². The van der Waals surface area contributed by atoms with Gasteiger partial charge in [-0.1, -0.05) is 50.7 Å².